The lowest BCUT2D eigenvalue weighted by molar-refractivity contribution is -0.115. The number of aliphatic hydroxyl groups excluding tert-OH is 1. The predicted molar refractivity (Wildman–Crippen MR) is 36.7 cm³/mol. The van der Waals surface area contributed by atoms with Crippen molar-refractivity contribution in [1.29, 1.82) is 0 Å². The Labute approximate surface area is 63.7 Å². The molecule has 0 bridgehead atoms. The third-order valence-electron chi connectivity index (χ3n) is 1.34. The van der Waals surface area contributed by atoms with Crippen molar-refractivity contribution in [2.75, 3.05) is 0 Å². The first-order valence-corrected chi connectivity index (χ1v) is 3.30. The Balaban J connectivity index is 2.91. The van der Waals surface area contributed by atoms with Gasteiger partial charge in [0.15, 0.2) is 18.2 Å². The van der Waals surface area contributed by atoms with E-state index < -0.39 is 6.10 Å². The molecular weight excluding hydrogens is 146 g/mol. The third kappa shape index (κ3) is 1.43. The van der Waals surface area contributed by atoms with Gasteiger partial charge < -0.3 is 5.11 Å². The molecule has 5 heteroatoms. The summed E-state index contributed by atoms with van der Waals surface area (Å²) in [6.45, 7) is 2.45. The number of hydrogen-bond donors (Lipinski definition) is 1. The molecule has 1 heterocycles. The van der Waals surface area contributed by atoms with Gasteiger partial charge in [-0.3, -0.25) is 4.79 Å². The predicted octanol–water partition coefficient (Wildman–Crippen LogP) is -0.470. The van der Waals surface area contributed by atoms with Crippen LogP contribution in [0.3, 0.4) is 0 Å². The van der Waals surface area contributed by atoms with E-state index in [9.17, 15) is 4.79 Å². The van der Waals surface area contributed by atoms with E-state index in [1.165, 1.54) is 11.0 Å². The molecule has 0 saturated carbocycles. The second kappa shape index (κ2) is 3.25. The Hall–Kier alpha value is -1.23. The van der Waals surface area contributed by atoms with E-state index in [4.69, 9.17) is 5.11 Å². The molecule has 0 spiro atoms. The zero-order valence-corrected chi connectivity index (χ0v) is 6.14. The number of hydrogen-bond acceptors (Lipinski definition) is 4. The van der Waals surface area contributed by atoms with Gasteiger partial charge in [-0.25, -0.2) is 9.67 Å². The summed E-state index contributed by atoms with van der Waals surface area (Å²) in [5.41, 5.74) is 0. The van der Waals surface area contributed by atoms with Crippen molar-refractivity contribution in [2.45, 2.75) is 19.6 Å². The summed E-state index contributed by atoms with van der Waals surface area (Å²) < 4.78 is 1.47. The topological polar surface area (TPSA) is 68.0 Å². The van der Waals surface area contributed by atoms with Crippen molar-refractivity contribution in [3.05, 3.63) is 12.2 Å². The maximum atomic E-state index is 10.1. The Kier molecular flexibility index (Phi) is 2.32. The summed E-state index contributed by atoms with van der Waals surface area (Å²) in [5.74, 6) is 0.294. The number of carbonyl (C=O) groups excluding carboxylic acids is 1. The van der Waals surface area contributed by atoms with Crippen molar-refractivity contribution >= 4 is 6.29 Å². The Bertz CT molecular complexity index is 246. The van der Waals surface area contributed by atoms with Crippen LogP contribution in [-0.4, -0.2) is 26.2 Å². The molecule has 0 saturated heterocycles. The first-order valence-electron chi connectivity index (χ1n) is 3.30. The SMILES string of the molecule is CCn1ncnc1C(O)C=O. The fourth-order valence-electron chi connectivity index (χ4n) is 0.807. The van der Waals surface area contributed by atoms with Crippen LogP contribution < -0.4 is 0 Å². The number of nitrogens with zero attached hydrogens (tertiary/aromatic N) is 3. The van der Waals surface area contributed by atoms with Crippen molar-refractivity contribution in [1.82, 2.24) is 14.8 Å². The van der Waals surface area contributed by atoms with Crippen LogP contribution in [-0.2, 0) is 11.3 Å². The Morgan fingerprint density at radius 3 is 3.18 bits per heavy atom. The van der Waals surface area contributed by atoms with Crippen molar-refractivity contribution in [3.8, 4) is 0 Å². The highest BCUT2D eigenvalue weighted by Crippen LogP contribution is 2.04. The fourth-order valence-corrected chi connectivity index (χ4v) is 0.807. The number of aldehydes is 1. The quantitative estimate of drug-likeness (QED) is 0.599. The summed E-state index contributed by atoms with van der Waals surface area (Å²) in [6, 6.07) is 0. The van der Waals surface area contributed by atoms with Crippen LogP contribution in [0.5, 0.6) is 0 Å². The average Bonchev–Trinajstić information content (AvgIpc) is 2.50. The molecule has 5 nitrogen and oxygen atoms in total. The fraction of sp³-hybridized carbons (Fsp3) is 0.500. The molecule has 0 radical (unpaired) electrons. The minimum absolute atomic E-state index is 0.294. The van der Waals surface area contributed by atoms with E-state index in [0.717, 1.165) is 0 Å². The number of carbonyl (C=O) groups is 1. The van der Waals surface area contributed by atoms with Crippen LogP contribution >= 0.6 is 0 Å². The van der Waals surface area contributed by atoms with Gasteiger partial charge in [-0.15, -0.1) is 0 Å². The van der Waals surface area contributed by atoms with Gasteiger partial charge in [-0.2, -0.15) is 5.10 Å². The number of rotatable bonds is 3. The zero-order valence-electron chi connectivity index (χ0n) is 6.14. The summed E-state index contributed by atoms with van der Waals surface area (Å²) >= 11 is 0. The van der Waals surface area contributed by atoms with Crippen molar-refractivity contribution < 1.29 is 9.90 Å². The number of aryl methyl sites for hydroxylation is 1. The lowest BCUT2D eigenvalue weighted by Crippen LogP contribution is -2.09. The highest BCUT2D eigenvalue weighted by Gasteiger charge is 2.11. The van der Waals surface area contributed by atoms with Gasteiger partial charge in [0, 0.05) is 6.54 Å². The molecule has 60 valence electrons. The standard InChI is InChI=1S/C6H9N3O2/c1-2-9-6(5(11)3-10)7-4-8-9/h3-5,11H,2H2,1H3. The molecule has 1 unspecified atom stereocenters. The maximum absolute atomic E-state index is 10.1. The van der Waals surface area contributed by atoms with E-state index in [1.54, 1.807) is 0 Å². The lowest BCUT2D eigenvalue weighted by atomic mass is 10.4. The normalized spacial score (nSPS) is 12.9. The van der Waals surface area contributed by atoms with Gasteiger partial charge in [-0.1, -0.05) is 0 Å². The van der Waals surface area contributed by atoms with E-state index in [-0.39, 0.29) is 0 Å². The van der Waals surface area contributed by atoms with E-state index >= 15 is 0 Å². The monoisotopic (exact) mass is 155 g/mol. The van der Waals surface area contributed by atoms with Gasteiger partial charge in [0.05, 0.1) is 0 Å². The van der Waals surface area contributed by atoms with E-state index in [0.29, 0.717) is 18.7 Å². The molecule has 1 aromatic heterocycles. The first kappa shape index (κ1) is 7.87. The van der Waals surface area contributed by atoms with Crippen LogP contribution in [0.1, 0.15) is 18.9 Å². The summed E-state index contributed by atoms with van der Waals surface area (Å²) in [5, 5.41) is 12.8. The molecule has 0 aliphatic heterocycles. The number of aliphatic hydroxyl groups is 1. The minimum Gasteiger partial charge on any atom is -0.378 e. The molecule has 11 heavy (non-hydrogen) atoms. The molecule has 0 aliphatic rings. The molecule has 0 fully saturated rings. The molecule has 0 amide bonds. The van der Waals surface area contributed by atoms with Gasteiger partial charge in [-0.05, 0) is 6.92 Å². The van der Waals surface area contributed by atoms with Crippen LogP contribution in [0.15, 0.2) is 6.33 Å². The third-order valence-corrected chi connectivity index (χ3v) is 1.34. The minimum atomic E-state index is -1.16. The second-order valence-corrected chi connectivity index (χ2v) is 2.01. The molecule has 1 N–H and O–H groups in total. The van der Waals surface area contributed by atoms with Crippen molar-refractivity contribution in [3.63, 3.8) is 0 Å². The zero-order chi connectivity index (χ0) is 8.27. The lowest BCUT2D eigenvalue weighted by Gasteiger charge is -2.02. The van der Waals surface area contributed by atoms with E-state index in [1.807, 2.05) is 6.92 Å². The Morgan fingerprint density at radius 1 is 1.91 bits per heavy atom. The van der Waals surface area contributed by atoms with Crippen LogP contribution in [0, 0.1) is 0 Å². The van der Waals surface area contributed by atoms with Crippen LogP contribution in [0.4, 0.5) is 0 Å². The van der Waals surface area contributed by atoms with Gasteiger partial charge >= 0.3 is 0 Å². The molecule has 0 aliphatic carbocycles. The second-order valence-electron chi connectivity index (χ2n) is 2.01. The van der Waals surface area contributed by atoms with Gasteiger partial charge in [0.2, 0.25) is 0 Å². The maximum Gasteiger partial charge on any atom is 0.168 e. The average molecular weight is 155 g/mol. The highest BCUT2D eigenvalue weighted by atomic mass is 16.3. The highest BCUT2D eigenvalue weighted by molar-refractivity contribution is 5.57. The van der Waals surface area contributed by atoms with Gasteiger partial charge in [0.25, 0.3) is 0 Å². The molecule has 1 aromatic rings. The first-order chi connectivity index (χ1) is 5.29. The van der Waals surface area contributed by atoms with Crippen molar-refractivity contribution in [2.24, 2.45) is 0 Å². The molecule has 0 aromatic carbocycles. The Morgan fingerprint density at radius 2 is 2.64 bits per heavy atom. The van der Waals surface area contributed by atoms with E-state index in [2.05, 4.69) is 10.1 Å². The molecule has 1 atom stereocenters. The summed E-state index contributed by atoms with van der Waals surface area (Å²) in [6.07, 6.45) is 0.583. The summed E-state index contributed by atoms with van der Waals surface area (Å²) in [4.78, 5) is 13.9. The van der Waals surface area contributed by atoms with Gasteiger partial charge in [0.1, 0.15) is 6.33 Å². The smallest absolute Gasteiger partial charge is 0.168 e. The largest absolute Gasteiger partial charge is 0.378 e. The number of aromatic nitrogens is 3. The summed E-state index contributed by atoms with van der Waals surface area (Å²) in [7, 11) is 0. The molecular formula is C6H9N3O2. The van der Waals surface area contributed by atoms with Crippen LogP contribution in [0.2, 0.25) is 0 Å². The molecule has 1 rings (SSSR count). The van der Waals surface area contributed by atoms with Crippen LogP contribution in [0.25, 0.3) is 0 Å².